The van der Waals surface area contributed by atoms with Crippen LogP contribution in [0, 0.1) is 0 Å². The Morgan fingerprint density at radius 3 is 2.00 bits per heavy atom. The molecule has 1 N–H and O–H groups in total. The van der Waals surface area contributed by atoms with Gasteiger partial charge in [0.15, 0.2) is 0 Å². The summed E-state index contributed by atoms with van der Waals surface area (Å²) in [6.07, 6.45) is -5.30. The number of nitrogens with one attached hydrogen (secondary N) is 1. The zero-order valence-electron chi connectivity index (χ0n) is 9.86. The molecule has 0 rings (SSSR count). The lowest BCUT2D eigenvalue weighted by atomic mass is 10.0. The number of rotatable bonds is 8. The first-order valence-corrected chi connectivity index (χ1v) is 9.19. The van der Waals surface area contributed by atoms with Gasteiger partial charge < -0.3 is 0 Å². The van der Waals surface area contributed by atoms with Gasteiger partial charge in [-0.3, -0.25) is 0 Å². The maximum absolute atomic E-state index is 11.9. The minimum atomic E-state index is -4.32. The fourth-order valence-corrected chi connectivity index (χ4v) is 5.14. The summed E-state index contributed by atoms with van der Waals surface area (Å²) < 4.78 is 61.6. The minimum Gasteiger partial charge on any atom is -0.212 e. The Kier molecular flexibility index (Phi) is 7.72. The van der Waals surface area contributed by atoms with Crippen LogP contribution in [0.1, 0.15) is 26.2 Å². The van der Waals surface area contributed by atoms with Gasteiger partial charge in [-0.05, 0) is 12.8 Å². The summed E-state index contributed by atoms with van der Waals surface area (Å²) in [6, 6.07) is 0. The number of hydrogen-bond donors (Lipinski definition) is 1. The van der Waals surface area contributed by atoms with Crippen LogP contribution in [0.2, 0.25) is 0 Å². The van der Waals surface area contributed by atoms with Gasteiger partial charge in [0.25, 0.3) is 0 Å². The second-order valence-corrected chi connectivity index (χ2v) is 7.00. The Morgan fingerprint density at radius 2 is 1.67 bits per heavy atom. The van der Waals surface area contributed by atoms with Crippen molar-refractivity contribution in [2.45, 2.75) is 37.9 Å². The Labute approximate surface area is 122 Å². The SMILES string of the molecule is CCC(CBr)(CBr)NS(=O)(=O)CCCC(F)(F)F. The second-order valence-electron chi connectivity index (χ2n) is 4.04. The molecule has 3 nitrogen and oxygen atoms in total. The molecule has 110 valence electrons. The van der Waals surface area contributed by atoms with E-state index in [-0.39, 0.29) is 0 Å². The average Bonchev–Trinajstić information content (AvgIpc) is 2.24. The lowest BCUT2D eigenvalue weighted by Gasteiger charge is -2.29. The van der Waals surface area contributed by atoms with Gasteiger partial charge in [0, 0.05) is 17.1 Å². The molecule has 0 spiro atoms. The fraction of sp³-hybridized carbons (Fsp3) is 1.00. The first-order valence-electron chi connectivity index (χ1n) is 5.30. The van der Waals surface area contributed by atoms with E-state index in [1.54, 1.807) is 6.92 Å². The molecule has 0 radical (unpaired) electrons. The van der Waals surface area contributed by atoms with Crippen molar-refractivity contribution in [3.63, 3.8) is 0 Å². The topological polar surface area (TPSA) is 46.2 Å². The van der Waals surface area contributed by atoms with Crippen molar-refractivity contribution < 1.29 is 21.6 Å². The Bertz CT molecular complexity index is 334. The van der Waals surface area contributed by atoms with Crippen molar-refractivity contribution in [1.82, 2.24) is 4.72 Å². The monoisotopic (exact) mass is 417 g/mol. The Hall–Kier alpha value is 0.660. The lowest BCUT2D eigenvalue weighted by molar-refractivity contribution is -0.134. The zero-order chi connectivity index (χ0) is 14.4. The highest BCUT2D eigenvalue weighted by molar-refractivity contribution is 9.09. The van der Waals surface area contributed by atoms with E-state index in [1.807, 2.05) is 0 Å². The van der Waals surface area contributed by atoms with Crippen molar-refractivity contribution >= 4 is 41.9 Å². The van der Waals surface area contributed by atoms with Crippen molar-refractivity contribution in [2.24, 2.45) is 0 Å². The van der Waals surface area contributed by atoms with Gasteiger partial charge in [-0.2, -0.15) is 13.2 Å². The van der Waals surface area contributed by atoms with Crippen LogP contribution in [0.3, 0.4) is 0 Å². The van der Waals surface area contributed by atoms with Crippen LogP contribution in [0.25, 0.3) is 0 Å². The number of hydrogen-bond acceptors (Lipinski definition) is 2. The lowest BCUT2D eigenvalue weighted by Crippen LogP contribution is -2.51. The van der Waals surface area contributed by atoms with Gasteiger partial charge in [0.2, 0.25) is 10.0 Å². The van der Waals surface area contributed by atoms with Gasteiger partial charge in [-0.1, -0.05) is 38.8 Å². The molecule has 18 heavy (non-hydrogen) atoms. The van der Waals surface area contributed by atoms with Crippen LogP contribution in [-0.4, -0.2) is 36.5 Å². The molecule has 0 aliphatic rings. The fourth-order valence-electron chi connectivity index (χ4n) is 1.19. The molecule has 0 amide bonds. The summed E-state index contributed by atoms with van der Waals surface area (Å²) in [5.74, 6) is -0.520. The molecule has 0 aromatic rings. The third-order valence-corrected chi connectivity index (χ3v) is 6.15. The van der Waals surface area contributed by atoms with Gasteiger partial charge >= 0.3 is 6.18 Å². The van der Waals surface area contributed by atoms with Crippen LogP contribution < -0.4 is 4.72 Å². The summed E-state index contributed by atoms with van der Waals surface area (Å²) in [6.45, 7) is 1.81. The summed E-state index contributed by atoms with van der Waals surface area (Å²) in [7, 11) is -3.71. The zero-order valence-corrected chi connectivity index (χ0v) is 13.8. The highest BCUT2D eigenvalue weighted by atomic mass is 79.9. The molecule has 9 heteroatoms. The predicted octanol–water partition coefficient (Wildman–Crippen LogP) is 3.19. The largest absolute Gasteiger partial charge is 0.389 e. The third-order valence-electron chi connectivity index (χ3n) is 2.43. The van der Waals surface area contributed by atoms with E-state index < -0.39 is 40.3 Å². The normalized spacial score (nSPS) is 13.9. The van der Waals surface area contributed by atoms with Crippen molar-refractivity contribution in [3.8, 4) is 0 Å². The van der Waals surface area contributed by atoms with E-state index in [9.17, 15) is 21.6 Å². The molecule has 0 saturated heterocycles. The average molecular weight is 419 g/mol. The van der Waals surface area contributed by atoms with E-state index >= 15 is 0 Å². The Balaban J connectivity index is 4.47. The van der Waals surface area contributed by atoms with Gasteiger partial charge in [0.1, 0.15) is 0 Å². The standard InChI is InChI=1S/C9H16Br2F3NO2S/c1-2-8(6-10,7-11)15-18(16,17)5-3-4-9(12,13)14/h15H,2-7H2,1H3. The molecule has 0 unspecified atom stereocenters. The van der Waals surface area contributed by atoms with Gasteiger partial charge in [0.05, 0.1) is 11.3 Å². The molecule has 0 aliphatic carbocycles. The van der Waals surface area contributed by atoms with Gasteiger partial charge in [-0.15, -0.1) is 0 Å². The molecule has 0 atom stereocenters. The quantitative estimate of drug-likeness (QED) is 0.615. The summed E-state index contributed by atoms with van der Waals surface area (Å²) in [4.78, 5) is 0. The van der Waals surface area contributed by atoms with E-state index in [0.717, 1.165) is 0 Å². The number of alkyl halides is 5. The molecule has 0 aromatic carbocycles. The van der Waals surface area contributed by atoms with E-state index in [2.05, 4.69) is 36.6 Å². The van der Waals surface area contributed by atoms with Crippen LogP contribution in [0.15, 0.2) is 0 Å². The minimum absolute atomic E-state index is 0.389. The first-order chi connectivity index (χ1) is 8.10. The van der Waals surface area contributed by atoms with Crippen LogP contribution in [-0.2, 0) is 10.0 Å². The highest BCUT2D eigenvalue weighted by Gasteiger charge is 2.32. The molecule has 0 aliphatic heterocycles. The van der Waals surface area contributed by atoms with E-state index in [4.69, 9.17) is 0 Å². The Morgan fingerprint density at radius 1 is 1.17 bits per heavy atom. The van der Waals surface area contributed by atoms with Crippen molar-refractivity contribution in [2.75, 3.05) is 16.4 Å². The predicted molar refractivity (Wildman–Crippen MR) is 72.8 cm³/mol. The van der Waals surface area contributed by atoms with E-state index in [1.165, 1.54) is 0 Å². The maximum Gasteiger partial charge on any atom is 0.389 e. The molecule has 0 fully saturated rings. The van der Waals surface area contributed by atoms with Crippen molar-refractivity contribution in [1.29, 1.82) is 0 Å². The molecular formula is C9H16Br2F3NO2S. The van der Waals surface area contributed by atoms with Crippen molar-refractivity contribution in [3.05, 3.63) is 0 Å². The maximum atomic E-state index is 11.9. The number of sulfonamides is 1. The molecule has 0 aromatic heterocycles. The summed E-state index contributed by atoms with van der Waals surface area (Å²) in [5.41, 5.74) is -0.697. The first kappa shape index (κ1) is 18.7. The van der Waals surface area contributed by atoms with Crippen LogP contribution in [0.4, 0.5) is 13.2 Å². The second kappa shape index (κ2) is 7.44. The van der Waals surface area contributed by atoms with E-state index in [0.29, 0.717) is 17.1 Å². The highest BCUT2D eigenvalue weighted by Crippen LogP contribution is 2.22. The van der Waals surface area contributed by atoms with Gasteiger partial charge in [-0.25, -0.2) is 13.1 Å². The molecule has 0 saturated carbocycles. The van der Waals surface area contributed by atoms with Crippen LogP contribution in [0.5, 0.6) is 0 Å². The third kappa shape index (κ3) is 7.30. The summed E-state index contributed by atoms with van der Waals surface area (Å²) in [5, 5.41) is 0.778. The molecular weight excluding hydrogens is 403 g/mol. The number of halogens is 5. The molecule has 0 bridgehead atoms. The van der Waals surface area contributed by atoms with Crippen LogP contribution >= 0.6 is 31.9 Å². The molecule has 0 heterocycles. The smallest absolute Gasteiger partial charge is 0.212 e. The summed E-state index contributed by atoms with van der Waals surface area (Å²) >= 11 is 6.42.